The third-order valence-corrected chi connectivity index (χ3v) is 2.25. The van der Waals surface area contributed by atoms with E-state index in [2.05, 4.69) is 16.6 Å². The molecular weight excluding hydrogens is 222 g/mol. The number of rotatable bonds is 9. The van der Waals surface area contributed by atoms with Gasteiger partial charge in [-0.05, 0) is 6.42 Å². The first-order valence-electron chi connectivity index (χ1n) is 5.73. The van der Waals surface area contributed by atoms with Crippen molar-refractivity contribution in [2.75, 3.05) is 26.4 Å². The fraction of sp³-hybridized carbons (Fsp3) is 0.667. The molecule has 0 aliphatic carbocycles. The number of ether oxygens (including phenoxy) is 2. The predicted molar refractivity (Wildman–Crippen MR) is 64.8 cm³/mol. The third kappa shape index (κ3) is 8.45. The number of carbonyl (C=O) groups is 2. The number of hydrogen-bond donors (Lipinski definition) is 1. The van der Waals surface area contributed by atoms with Crippen LogP contribution in [0.25, 0.3) is 0 Å². The quantitative estimate of drug-likeness (QED) is 0.492. The van der Waals surface area contributed by atoms with Crippen LogP contribution in [-0.2, 0) is 14.3 Å². The molecule has 0 aromatic carbocycles. The number of amides is 1. The number of ketones is 1. The van der Waals surface area contributed by atoms with Gasteiger partial charge in [-0.15, -0.1) is 0 Å². The summed E-state index contributed by atoms with van der Waals surface area (Å²) in [6.07, 6.45) is 1.79. The van der Waals surface area contributed by atoms with Crippen molar-refractivity contribution in [3.05, 3.63) is 12.7 Å². The van der Waals surface area contributed by atoms with Gasteiger partial charge in [-0.25, -0.2) is 4.79 Å². The molecule has 0 saturated carbocycles. The lowest BCUT2D eigenvalue weighted by Crippen LogP contribution is -2.29. The topological polar surface area (TPSA) is 64.6 Å². The van der Waals surface area contributed by atoms with Crippen molar-refractivity contribution in [1.82, 2.24) is 5.32 Å². The van der Waals surface area contributed by atoms with Gasteiger partial charge in [0.25, 0.3) is 0 Å². The van der Waals surface area contributed by atoms with Gasteiger partial charge in [0.05, 0.1) is 6.61 Å². The normalized spacial score (nSPS) is 11.6. The Morgan fingerprint density at radius 2 is 2.18 bits per heavy atom. The van der Waals surface area contributed by atoms with E-state index >= 15 is 0 Å². The predicted octanol–water partition coefficient (Wildman–Crippen LogP) is 1.53. The zero-order chi connectivity index (χ0) is 13.1. The Morgan fingerprint density at radius 3 is 2.76 bits per heavy atom. The van der Waals surface area contributed by atoms with Crippen molar-refractivity contribution < 1.29 is 19.1 Å². The zero-order valence-electron chi connectivity index (χ0n) is 10.5. The molecule has 1 atom stereocenters. The Morgan fingerprint density at radius 1 is 1.47 bits per heavy atom. The van der Waals surface area contributed by atoms with Crippen molar-refractivity contribution in [3.63, 3.8) is 0 Å². The van der Waals surface area contributed by atoms with Crippen LogP contribution in [-0.4, -0.2) is 38.2 Å². The summed E-state index contributed by atoms with van der Waals surface area (Å²) < 4.78 is 9.82. The third-order valence-electron chi connectivity index (χ3n) is 2.25. The summed E-state index contributed by atoms with van der Waals surface area (Å²) in [6.45, 7) is 8.14. The molecule has 5 nitrogen and oxygen atoms in total. The van der Waals surface area contributed by atoms with Crippen molar-refractivity contribution in [1.29, 1.82) is 0 Å². The van der Waals surface area contributed by atoms with Gasteiger partial charge in [0.15, 0.2) is 5.78 Å². The molecule has 0 heterocycles. The van der Waals surface area contributed by atoms with E-state index in [0.29, 0.717) is 13.2 Å². The van der Waals surface area contributed by atoms with Crippen LogP contribution in [0, 0.1) is 5.92 Å². The van der Waals surface area contributed by atoms with Crippen LogP contribution >= 0.6 is 0 Å². The lowest BCUT2D eigenvalue weighted by Gasteiger charge is -2.08. The molecule has 0 fully saturated rings. The second-order valence-electron chi connectivity index (χ2n) is 3.64. The van der Waals surface area contributed by atoms with Gasteiger partial charge in [0.2, 0.25) is 0 Å². The van der Waals surface area contributed by atoms with Crippen LogP contribution < -0.4 is 5.32 Å². The summed E-state index contributed by atoms with van der Waals surface area (Å²) in [7, 11) is 0. The van der Waals surface area contributed by atoms with Crippen molar-refractivity contribution in [2.45, 2.75) is 20.3 Å². The van der Waals surface area contributed by atoms with Crippen molar-refractivity contribution >= 4 is 11.9 Å². The average molecular weight is 243 g/mol. The molecule has 17 heavy (non-hydrogen) atoms. The van der Waals surface area contributed by atoms with Crippen LogP contribution in [0.15, 0.2) is 12.7 Å². The minimum atomic E-state index is -0.512. The molecule has 0 radical (unpaired) electrons. The van der Waals surface area contributed by atoms with Crippen LogP contribution in [0.3, 0.4) is 0 Å². The SMILES string of the molecule is C=CCOC(=O)NCCOCC(=O)C(C)CC. The Kier molecular flexibility index (Phi) is 9.05. The first-order chi connectivity index (χ1) is 8.11. The van der Waals surface area contributed by atoms with Crippen LogP contribution in [0.5, 0.6) is 0 Å². The maximum Gasteiger partial charge on any atom is 0.407 e. The van der Waals surface area contributed by atoms with Gasteiger partial charge in [-0.3, -0.25) is 4.79 Å². The van der Waals surface area contributed by atoms with E-state index in [-0.39, 0.29) is 24.9 Å². The number of hydrogen-bond acceptors (Lipinski definition) is 4. The van der Waals surface area contributed by atoms with E-state index in [4.69, 9.17) is 4.74 Å². The zero-order valence-corrected chi connectivity index (χ0v) is 10.5. The van der Waals surface area contributed by atoms with E-state index in [1.807, 2.05) is 13.8 Å². The van der Waals surface area contributed by atoms with Gasteiger partial charge < -0.3 is 14.8 Å². The molecule has 0 aliphatic heterocycles. The minimum absolute atomic E-state index is 0.0283. The molecule has 98 valence electrons. The summed E-state index contributed by atoms with van der Waals surface area (Å²) in [4.78, 5) is 22.3. The summed E-state index contributed by atoms with van der Waals surface area (Å²) in [5.74, 6) is 0.113. The van der Waals surface area contributed by atoms with Gasteiger partial charge in [0, 0.05) is 12.5 Å². The Bertz CT molecular complexity index is 253. The molecular formula is C12H21NO4. The van der Waals surface area contributed by atoms with Crippen LogP contribution in [0.2, 0.25) is 0 Å². The van der Waals surface area contributed by atoms with Gasteiger partial charge in [0.1, 0.15) is 13.2 Å². The highest BCUT2D eigenvalue weighted by Crippen LogP contribution is 2.01. The van der Waals surface area contributed by atoms with Gasteiger partial charge in [-0.1, -0.05) is 26.5 Å². The summed E-state index contributed by atoms with van der Waals surface area (Å²) in [6, 6.07) is 0. The smallest absolute Gasteiger partial charge is 0.407 e. The van der Waals surface area contributed by atoms with E-state index < -0.39 is 6.09 Å². The van der Waals surface area contributed by atoms with E-state index in [9.17, 15) is 9.59 Å². The molecule has 0 aliphatic rings. The summed E-state index contributed by atoms with van der Waals surface area (Å²) in [5.41, 5.74) is 0. The number of Topliss-reactive ketones (excluding diaryl/α,β-unsaturated/α-hetero) is 1. The Balaban J connectivity index is 3.43. The molecule has 1 N–H and O–H groups in total. The van der Waals surface area contributed by atoms with Gasteiger partial charge in [-0.2, -0.15) is 0 Å². The maximum atomic E-state index is 11.4. The Labute approximate surface area is 102 Å². The average Bonchev–Trinajstić information content (AvgIpc) is 2.34. The molecule has 1 amide bonds. The maximum absolute atomic E-state index is 11.4. The fourth-order valence-electron chi connectivity index (χ4n) is 0.954. The van der Waals surface area contributed by atoms with Gasteiger partial charge >= 0.3 is 6.09 Å². The molecule has 0 saturated heterocycles. The lowest BCUT2D eigenvalue weighted by molar-refractivity contribution is -0.127. The standard InChI is InChI=1S/C12H21NO4/c1-4-7-17-12(15)13-6-8-16-9-11(14)10(3)5-2/h4,10H,1,5-9H2,2-3H3,(H,13,15). The highest BCUT2D eigenvalue weighted by molar-refractivity contribution is 5.81. The highest BCUT2D eigenvalue weighted by Gasteiger charge is 2.10. The fourth-order valence-corrected chi connectivity index (χ4v) is 0.954. The lowest BCUT2D eigenvalue weighted by atomic mass is 10.1. The largest absolute Gasteiger partial charge is 0.445 e. The van der Waals surface area contributed by atoms with E-state index in [1.165, 1.54) is 6.08 Å². The van der Waals surface area contributed by atoms with Crippen molar-refractivity contribution in [3.8, 4) is 0 Å². The number of carbonyl (C=O) groups excluding carboxylic acids is 2. The molecule has 0 rings (SSSR count). The molecule has 0 spiro atoms. The second-order valence-corrected chi connectivity index (χ2v) is 3.64. The Hall–Kier alpha value is -1.36. The van der Waals surface area contributed by atoms with Crippen LogP contribution in [0.4, 0.5) is 4.79 Å². The van der Waals surface area contributed by atoms with E-state index in [1.54, 1.807) is 0 Å². The van der Waals surface area contributed by atoms with Crippen LogP contribution in [0.1, 0.15) is 20.3 Å². The summed E-state index contributed by atoms with van der Waals surface area (Å²) in [5, 5.41) is 2.49. The molecule has 1 unspecified atom stereocenters. The molecule has 0 bridgehead atoms. The van der Waals surface area contributed by atoms with Crippen molar-refractivity contribution in [2.24, 2.45) is 5.92 Å². The second kappa shape index (κ2) is 9.84. The molecule has 5 heteroatoms. The minimum Gasteiger partial charge on any atom is -0.445 e. The molecule has 0 aromatic heterocycles. The first-order valence-corrected chi connectivity index (χ1v) is 5.73. The molecule has 0 aromatic rings. The number of nitrogens with one attached hydrogen (secondary N) is 1. The monoisotopic (exact) mass is 243 g/mol. The summed E-state index contributed by atoms with van der Waals surface area (Å²) >= 11 is 0. The first kappa shape index (κ1) is 15.6. The number of alkyl carbamates (subject to hydrolysis) is 1. The highest BCUT2D eigenvalue weighted by atomic mass is 16.5. The van der Waals surface area contributed by atoms with E-state index in [0.717, 1.165) is 6.42 Å².